The van der Waals surface area contributed by atoms with E-state index < -0.39 is 0 Å². The SMILES string of the molecule is C.[CH2-]CC(C[CH2-])C(C)(C)C.[Y]. The van der Waals surface area contributed by atoms with Crippen molar-refractivity contribution in [1.82, 2.24) is 0 Å². The molecule has 0 aliphatic heterocycles. The molecule has 0 saturated carbocycles. The fourth-order valence-corrected chi connectivity index (χ4v) is 1.01. The van der Waals surface area contributed by atoms with Crippen LogP contribution in [0.15, 0.2) is 0 Å². The van der Waals surface area contributed by atoms with E-state index in [1.165, 1.54) is 0 Å². The van der Waals surface area contributed by atoms with E-state index >= 15 is 0 Å². The van der Waals surface area contributed by atoms with Crippen LogP contribution in [-0.2, 0) is 32.7 Å². The molecule has 0 spiro atoms. The molecule has 0 N–H and O–H groups in total. The maximum absolute atomic E-state index is 3.88. The van der Waals surface area contributed by atoms with Gasteiger partial charge in [0.1, 0.15) is 0 Å². The van der Waals surface area contributed by atoms with Gasteiger partial charge in [0.15, 0.2) is 0 Å². The van der Waals surface area contributed by atoms with Crippen molar-refractivity contribution in [2.24, 2.45) is 11.3 Å². The average molecular weight is 231 g/mol. The molecule has 0 aromatic rings. The van der Waals surface area contributed by atoms with Crippen LogP contribution in [0, 0.1) is 25.2 Å². The summed E-state index contributed by atoms with van der Waals surface area (Å²) in [5.74, 6) is 0.678. The van der Waals surface area contributed by atoms with Gasteiger partial charge in [-0.05, 0) is 5.41 Å². The molecule has 0 rings (SSSR count). The summed E-state index contributed by atoms with van der Waals surface area (Å²) >= 11 is 0. The predicted octanol–water partition coefficient (Wildman–Crippen LogP) is 3.73. The second-order valence-electron chi connectivity index (χ2n) is 3.64. The van der Waals surface area contributed by atoms with E-state index in [0.29, 0.717) is 11.3 Å². The van der Waals surface area contributed by atoms with E-state index in [-0.39, 0.29) is 40.1 Å². The Balaban J connectivity index is -0.000000320. The van der Waals surface area contributed by atoms with Crippen LogP contribution in [0.4, 0.5) is 0 Å². The first-order valence-corrected chi connectivity index (χ1v) is 3.61. The maximum Gasteiger partial charge on any atom is 0 e. The van der Waals surface area contributed by atoms with E-state index in [1.54, 1.807) is 0 Å². The van der Waals surface area contributed by atoms with E-state index in [4.69, 9.17) is 0 Å². The van der Waals surface area contributed by atoms with Crippen molar-refractivity contribution in [1.29, 1.82) is 0 Å². The quantitative estimate of drug-likeness (QED) is 0.635. The molecule has 0 heterocycles. The zero-order valence-corrected chi connectivity index (χ0v) is 10.3. The van der Waals surface area contributed by atoms with Crippen LogP contribution in [0.2, 0.25) is 0 Å². The first-order chi connectivity index (χ1) is 4.02. The van der Waals surface area contributed by atoms with Crippen LogP contribution in [0.5, 0.6) is 0 Å². The van der Waals surface area contributed by atoms with Gasteiger partial charge < -0.3 is 13.8 Å². The predicted molar refractivity (Wildman–Crippen MR) is 49.6 cm³/mol. The Bertz CT molecular complexity index is 67.4. The molecule has 0 nitrogen and oxygen atoms in total. The molecule has 0 aliphatic rings. The number of hydrogen-bond acceptors (Lipinski definition) is 0. The van der Waals surface area contributed by atoms with Crippen LogP contribution in [-0.4, -0.2) is 0 Å². The molecular weight excluding hydrogens is 209 g/mol. The van der Waals surface area contributed by atoms with E-state index in [9.17, 15) is 0 Å². The summed E-state index contributed by atoms with van der Waals surface area (Å²) in [6.07, 6.45) is 2.01. The Kier molecular flexibility index (Phi) is 12.7. The van der Waals surface area contributed by atoms with Crippen LogP contribution < -0.4 is 0 Å². The topological polar surface area (TPSA) is 0 Å². The summed E-state index contributed by atoms with van der Waals surface area (Å²) in [6.45, 7) is 14.5. The van der Waals surface area contributed by atoms with Crippen molar-refractivity contribution in [3.05, 3.63) is 13.8 Å². The Morgan fingerprint density at radius 2 is 1.36 bits per heavy atom. The van der Waals surface area contributed by atoms with Crippen LogP contribution in [0.1, 0.15) is 41.0 Å². The standard InChI is InChI=1S/C9H18.CH4.Y/c1-6-8(7-2)9(3,4)5;;/h8H,1-2,6-7H2,3-5H3;1H4;/q-2;;. The molecule has 0 saturated heterocycles. The van der Waals surface area contributed by atoms with E-state index in [1.807, 2.05) is 0 Å². The third-order valence-electron chi connectivity index (χ3n) is 1.92. The van der Waals surface area contributed by atoms with Crippen molar-refractivity contribution in [3.8, 4) is 0 Å². The maximum atomic E-state index is 3.88. The second kappa shape index (κ2) is 7.74. The molecule has 0 aromatic heterocycles. The van der Waals surface area contributed by atoms with Gasteiger partial charge in [-0.15, -0.1) is 0 Å². The van der Waals surface area contributed by atoms with Gasteiger partial charge >= 0.3 is 0 Å². The molecule has 0 fully saturated rings. The normalized spacial score (nSPS) is 10.4. The Morgan fingerprint density at radius 3 is 1.36 bits per heavy atom. The number of hydrogen-bond donors (Lipinski definition) is 0. The summed E-state index contributed by atoms with van der Waals surface area (Å²) < 4.78 is 0. The van der Waals surface area contributed by atoms with Crippen molar-refractivity contribution < 1.29 is 32.7 Å². The third-order valence-corrected chi connectivity index (χ3v) is 1.92. The Morgan fingerprint density at radius 1 is 1.09 bits per heavy atom. The minimum Gasteiger partial charge on any atom is -0.343 e. The third kappa shape index (κ3) is 7.46. The molecule has 1 heteroatoms. The van der Waals surface area contributed by atoms with Gasteiger partial charge in [0.2, 0.25) is 0 Å². The number of rotatable bonds is 2. The first kappa shape index (κ1) is 18.0. The zero-order chi connectivity index (χ0) is 7.49. The van der Waals surface area contributed by atoms with E-state index in [2.05, 4.69) is 34.6 Å². The summed E-state index contributed by atoms with van der Waals surface area (Å²) in [5, 5.41) is 0. The van der Waals surface area contributed by atoms with Crippen LogP contribution in [0.25, 0.3) is 0 Å². The van der Waals surface area contributed by atoms with Crippen molar-refractivity contribution in [3.63, 3.8) is 0 Å². The largest absolute Gasteiger partial charge is 0.343 e. The molecule has 0 atom stereocenters. The first-order valence-electron chi connectivity index (χ1n) is 3.61. The summed E-state index contributed by atoms with van der Waals surface area (Å²) in [6, 6.07) is 0. The van der Waals surface area contributed by atoms with Gasteiger partial charge in [0.05, 0.1) is 0 Å². The zero-order valence-electron chi connectivity index (χ0n) is 7.48. The molecule has 0 aliphatic carbocycles. The minimum atomic E-state index is 0. The van der Waals surface area contributed by atoms with Crippen LogP contribution >= 0.6 is 0 Å². The van der Waals surface area contributed by atoms with Crippen molar-refractivity contribution in [2.75, 3.05) is 0 Å². The summed E-state index contributed by atoms with van der Waals surface area (Å²) in [4.78, 5) is 0. The fourth-order valence-electron chi connectivity index (χ4n) is 1.01. The summed E-state index contributed by atoms with van der Waals surface area (Å²) in [7, 11) is 0. The molecule has 1 radical (unpaired) electrons. The Labute approximate surface area is 98.4 Å². The van der Waals surface area contributed by atoms with Crippen molar-refractivity contribution >= 4 is 0 Å². The second-order valence-corrected chi connectivity index (χ2v) is 3.64. The molecule has 0 unspecified atom stereocenters. The fraction of sp³-hybridized carbons (Fsp3) is 0.800. The van der Waals surface area contributed by atoms with Gasteiger partial charge in [-0.2, -0.15) is 12.8 Å². The van der Waals surface area contributed by atoms with Gasteiger partial charge in [-0.25, -0.2) is 0 Å². The molecule has 67 valence electrons. The molecule has 0 amide bonds. The average Bonchev–Trinajstić information content (AvgIpc) is 1.65. The molecular formula is C10H22Y-2. The molecule has 11 heavy (non-hydrogen) atoms. The van der Waals surface area contributed by atoms with Crippen molar-refractivity contribution in [2.45, 2.75) is 41.0 Å². The minimum absolute atomic E-state index is 0. The van der Waals surface area contributed by atoms with Gasteiger partial charge in [-0.3, -0.25) is 0 Å². The molecule has 0 aromatic carbocycles. The van der Waals surface area contributed by atoms with Gasteiger partial charge in [-0.1, -0.05) is 34.1 Å². The Hall–Kier alpha value is 1.10. The van der Waals surface area contributed by atoms with Crippen LogP contribution in [0.3, 0.4) is 0 Å². The van der Waals surface area contributed by atoms with Gasteiger partial charge in [0, 0.05) is 32.7 Å². The smallest absolute Gasteiger partial charge is 0 e. The van der Waals surface area contributed by atoms with E-state index in [0.717, 1.165) is 12.8 Å². The van der Waals surface area contributed by atoms with Gasteiger partial charge in [0.25, 0.3) is 0 Å². The summed E-state index contributed by atoms with van der Waals surface area (Å²) in [5.41, 5.74) is 0.392. The monoisotopic (exact) mass is 231 g/mol. The molecule has 0 bridgehead atoms.